The quantitative estimate of drug-likeness (QED) is 0.803. The van der Waals surface area contributed by atoms with Gasteiger partial charge in [-0.2, -0.15) is 0 Å². The summed E-state index contributed by atoms with van der Waals surface area (Å²) in [6.45, 7) is 6.14. The number of carbonyl (C=O) groups excluding carboxylic acids is 1. The van der Waals surface area contributed by atoms with Crippen LogP contribution in [0.1, 0.15) is 37.6 Å². The van der Waals surface area contributed by atoms with Crippen molar-refractivity contribution >= 4 is 33.4 Å². The molecule has 0 saturated heterocycles. The van der Waals surface area contributed by atoms with Crippen LogP contribution in [-0.4, -0.2) is 17.8 Å². The van der Waals surface area contributed by atoms with Gasteiger partial charge in [0, 0.05) is 17.5 Å². The van der Waals surface area contributed by atoms with Gasteiger partial charge in [-0.1, -0.05) is 20.8 Å². The normalized spacial score (nSPS) is 13.2. The van der Waals surface area contributed by atoms with E-state index in [1.54, 1.807) is 0 Å². The van der Waals surface area contributed by atoms with E-state index in [0.29, 0.717) is 17.9 Å². The van der Waals surface area contributed by atoms with Crippen molar-refractivity contribution < 1.29 is 9.18 Å². The lowest BCUT2D eigenvalue weighted by molar-refractivity contribution is 0.0900. The molecule has 0 heterocycles. The van der Waals surface area contributed by atoms with E-state index in [1.165, 1.54) is 18.2 Å². The van der Waals surface area contributed by atoms with E-state index < -0.39 is 0 Å². The molecule has 0 fully saturated rings. The largest absolute Gasteiger partial charge is 0.349 e. The maximum Gasteiger partial charge on any atom is 0.251 e. The van der Waals surface area contributed by atoms with Gasteiger partial charge in [-0.15, -0.1) is 11.6 Å². The average molecular weight is 351 g/mol. The highest BCUT2D eigenvalue weighted by Gasteiger charge is 2.26. The van der Waals surface area contributed by atoms with Crippen LogP contribution >= 0.6 is 27.5 Å². The SMILES string of the molecule is CC(C)(C)C(CCCl)NC(=O)c1ccc(F)c(Br)c1. The van der Waals surface area contributed by atoms with Crippen LogP contribution in [0.2, 0.25) is 0 Å². The van der Waals surface area contributed by atoms with Crippen LogP contribution < -0.4 is 5.32 Å². The minimum absolute atomic E-state index is 0.0265. The molecule has 5 heteroatoms. The summed E-state index contributed by atoms with van der Waals surface area (Å²) in [6, 6.07) is 4.19. The zero-order chi connectivity index (χ0) is 14.6. The fourth-order valence-electron chi connectivity index (χ4n) is 1.71. The molecule has 1 rings (SSSR count). The third-order valence-corrected chi connectivity index (χ3v) is 3.76. The summed E-state index contributed by atoms with van der Waals surface area (Å²) in [6.07, 6.45) is 0.694. The molecule has 0 radical (unpaired) electrons. The molecular formula is C14H18BrClFNO. The second-order valence-electron chi connectivity index (χ2n) is 5.50. The zero-order valence-corrected chi connectivity index (χ0v) is 13.6. The van der Waals surface area contributed by atoms with E-state index in [2.05, 4.69) is 21.2 Å². The molecule has 0 aliphatic carbocycles. The van der Waals surface area contributed by atoms with E-state index in [0.717, 1.165) is 0 Å². The van der Waals surface area contributed by atoms with Crippen molar-refractivity contribution in [2.45, 2.75) is 33.2 Å². The minimum Gasteiger partial charge on any atom is -0.349 e. The highest BCUT2D eigenvalue weighted by molar-refractivity contribution is 9.10. The van der Waals surface area contributed by atoms with Crippen molar-refractivity contribution in [2.24, 2.45) is 5.41 Å². The van der Waals surface area contributed by atoms with Gasteiger partial charge in [-0.3, -0.25) is 4.79 Å². The molecule has 0 spiro atoms. The molecule has 1 atom stereocenters. The number of amides is 1. The molecular weight excluding hydrogens is 333 g/mol. The summed E-state index contributed by atoms with van der Waals surface area (Å²) in [5.41, 5.74) is 0.346. The van der Waals surface area contributed by atoms with Crippen LogP contribution in [0.15, 0.2) is 22.7 Å². The Kier molecular flexibility index (Phi) is 5.81. The van der Waals surface area contributed by atoms with E-state index in [4.69, 9.17) is 11.6 Å². The third kappa shape index (κ3) is 4.77. The van der Waals surface area contributed by atoms with Gasteiger partial charge in [-0.25, -0.2) is 4.39 Å². The molecule has 19 heavy (non-hydrogen) atoms. The predicted octanol–water partition coefficient (Wildman–Crippen LogP) is 4.36. The van der Waals surface area contributed by atoms with Gasteiger partial charge in [0.25, 0.3) is 5.91 Å². The molecule has 1 unspecified atom stereocenters. The van der Waals surface area contributed by atoms with E-state index >= 15 is 0 Å². The van der Waals surface area contributed by atoms with Gasteiger partial charge in [0.05, 0.1) is 4.47 Å². The van der Waals surface area contributed by atoms with Crippen LogP contribution in [0.4, 0.5) is 4.39 Å². The second kappa shape index (κ2) is 6.71. The first-order valence-electron chi connectivity index (χ1n) is 6.07. The van der Waals surface area contributed by atoms with Crippen molar-refractivity contribution in [3.8, 4) is 0 Å². The summed E-state index contributed by atoms with van der Waals surface area (Å²) in [4.78, 5) is 12.1. The van der Waals surface area contributed by atoms with Crippen LogP contribution in [0.3, 0.4) is 0 Å². The Morgan fingerprint density at radius 1 is 1.47 bits per heavy atom. The smallest absolute Gasteiger partial charge is 0.251 e. The van der Waals surface area contributed by atoms with Crippen LogP contribution in [0, 0.1) is 11.2 Å². The number of halogens is 3. The van der Waals surface area contributed by atoms with Gasteiger partial charge < -0.3 is 5.32 Å². The Labute approximate surface area is 126 Å². The predicted molar refractivity (Wildman–Crippen MR) is 80.1 cm³/mol. The van der Waals surface area contributed by atoms with E-state index in [-0.39, 0.29) is 27.7 Å². The standard InChI is InChI=1S/C14H18BrClFNO/c1-14(2,3)12(6-7-16)18-13(19)9-4-5-11(17)10(15)8-9/h4-5,8,12H,6-7H2,1-3H3,(H,18,19). The molecule has 1 amide bonds. The highest BCUT2D eigenvalue weighted by atomic mass is 79.9. The number of nitrogens with one attached hydrogen (secondary N) is 1. The lowest BCUT2D eigenvalue weighted by Gasteiger charge is -2.31. The summed E-state index contributed by atoms with van der Waals surface area (Å²) < 4.78 is 13.4. The Bertz CT molecular complexity index is 459. The lowest BCUT2D eigenvalue weighted by atomic mass is 9.85. The molecule has 1 aromatic rings. The van der Waals surface area contributed by atoms with E-state index in [1.807, 2.05) is 20.8 Å². The van der Waals surface area contributed by atoms with Crippen molar-refractivity contribution in [1.82, 2.24) is 5.32 Å². The summed E-state index contributed by atoms with van der Waals surface area (Å²) in [5.74, 6) is -0.120. The average Bonchev–Trinajstić information content (AvgIpc) is 2.30. The number of rotatable bonds is 4. The topological polar surface area (TPSA) is 29.1 Å². The van der Waals surface area contributed by atoms with Crippen LogP contribution in [-0.2, 0) is 0 Å². The highest BCUT2D eigenvalue weighted by Crippen LogP contribution is 2.23. The number of benzene rings is 1. The van der Waals surface area contributed by atoms with Crippen molar-refractivity contribution in [2.75, 3.05) is 5.88 Å². The molecule has 0 saturated carbocycles. The summed E-state index contributed by atoms with van der Waals surface area (Å²) in [7, 11) is 0. The van der Waals surface area contributed by atoms with Crippen molar-refractivity contribution in [1.29, 1.82) is 0 Å². The molecule has 0 bridgehead atoms. The maximum absolute atomic E-state index is 13.1. The Balaban J connectivity index is 2.84. The number of carbonyl (C=O) groups is 1. The molecule has 0 aliphatic rings. The number of hydrogen-bond acceptors (Lipinski definition) is 1. The fraction of sp³-hybridized carbons (Fsp3) is 0.500. The van der Waals surface area contributed by atoms with Gasteiger partial charge in [0.1, 0.15) is 5.82 Å². The summed E-state index contributed by atoms with van der Waals surface area (Å²) in [5, 5.41) is 2.95. The fourth-order valence-corrected chi connectivity index (χ4v) is 2.31. The first-order valence-corrected chi connectivity index (χ1v) is 7.40. The first kappa shape index (κ1) is 16.4. The lowest BCUT2D eigenvalue weighted by Crippen LogP contribution is -2.44. The Morgan fingerprint density at radius 2 is 2.11 bits per heavy atom. The summed E-state index contributed by atoms with van der Waals surface area (Å²) >= 11 is 8.84. The molecule has 0 aliphatic heterocycles. The molecule has 106 valence electrons. The number of alkyl halides is 1. The van der Waals surface area contributed by atoms with Gasteiger partial charge in [0.2, 0.25) is 0 Å². The first-order chi connectivity index (χ1) is 8.75. The Hall–Kier alpha value is -0.610. The Morgan fingerprint density at radius 3 is 2.58 bits per heavy atom. The second-order valence-corrected chi connectivity index (χ2v) is 6.73. The van der Waals surface area contributed by atoms with E-state index in [9.17, 15) is 9.18 Å². The van der Waals surface area contributed by atoms with Crippen molar-refractivity contribution in [3.05, 3.63) is 34.1 Å². The molecule has 1 N–H and O–H groups in total. The number of hydrogen-bond donors (Lipinski definition) is 1. The van der Waals surface area contributed by atoms with Gasteiger partial charge in [0.15, 0.2) is 0 Å². The monoisotopic (exact) mass is 349 g/mol. The maximum atomic E-state index is 13.1. The van der Waals surface area contributed by atoms with Crippen LogP contribution in [0.25, 0.3) is 0 Å². The molecule has 0 aromatic heterocycles. The molecule has 1 aromatic carbocycles. The van der Waals surface area contributed by atoms with Gasteiger partial charge >= 0.3 is 0 Å². The van der Waals surface area contributed by atoms with Crippen LogP contribution in [0.5, 0.6) is 0 Å². The van der Waals surface area contributed by atoms with Gasteiger partial charge in [-0.05, 0) is 46.0 Å². The zero-order valence-electron chi connectivity index (χ0n) is 11.3. The third-order valence-electron chi connectivity index (χ3n) is 2.93. The molecule has 2 nitrogen and oxygen atoms in total. The van der Waals surface area contributed by atoms with Crippen molar-refractivity contribution in [3.63, 3.8) is 0 Å². The minimum atomic E-state index is -0.385.